The maximum absolute atomic E-state index is 12.2. The number of rotatable bonds is 1. The molecule has 0 atom stereocenters. The Bertz CT molecular complexity index is 509. The number of carbonyl (C=O) groups is 1. The Morgan fingerprint density at radius 2 is 1.89 bits per heavy atom. The van der Waals surface area contributed by atoms with Gasteiger partial charge in [0.25, 0.3) is 5.91 Å². The fourth-order valence-electron chi connectivity index (χ4n) is 2.06. The quantitative estimate of drug-likeness (QED) is 0.818. The van der Waals surface area contributed by atoms with Gasteiger partial charge in [-0.25, -0.2) is 0 Å². The van der Waals surface area contributed by atoms with E-state index in [0.717, 1.165) is 17.0 Å². The lowest BCUT2D eigenvalue weighted by atomic mass is 9.89. The first-order valence-electron chi connectivity index (χ1n) is 6.25. The zero-order chi connectivity index (χ0) is 13.3. The van der Waals surface area contributed by atoms with Gasteiger partial charge in [0.05, 0.1) is 11.3 Å². The second kappa shape index (κ2) is 4.48. The van der Waals surface area contributed by atoms with E-state index < -0.39 is 0 Å². The summed E-state index contributed by atoms with van der Waals surface area (Å²) >= 11 is 0. The van der Waals surface area contributed by atoms with Crippen molar-refractivity contribution in [1.82, 2.24) is 0 Å². The Labute approximate surface area is 108 Å². The summed E-state index contributed by atoms with van der Waals surface area (Å²) < 4.78 is 5.99. The van der Waals surface area contributed by atoms with Gasteiger partial charge < -0.3 is 10.1 Å². The minimum Gasteiger partial charge on any atom is -0.458 e. The Morgan fingerprint density at radius 3 is 2.50 bits per heavy atom. The summed E-state index contributed by atoms with van der Waals surface area (Å²) in [4.78, 5) is 12.2. The molecular formula is C15H19NO2. The molecule has 1 aliphatic heterocycles. The normalized spacial score (nSPS) is 15.7. The standard InChI is InChI=1S/C15H19NO2/c1-5-10-13(15(2,3)4)18-12-9-7-6-8-11(12)16-14(10)17/h6-9H,5H2,1-4H3,(H,16,17). The SMILES string of the molecule is CCC1=C(C(C)(C)C)Oc2ccccc2NC1=O. The predicted molar refractivity (Wildman–Crippen MR) is 72.5 cm³/mol. The number of anilines is 1. The van der Waals surface area contributed by atoms with Crippen LogP contribution in [0.5, 0.6) is 5.75 Å². The predicted octanol–water partition coefficient (Wildman–Crippen LogP) is 3.73. The van der Waals surface area contributed by atoms with Crippen LogP contribution in [0.15, 0.2) is 35.6 Å². The average Bonchev–Trinajstić information content (AvgIpc) is 2.43. The summed E-state index contributed by atoms with van der Waals surface area (Å²) in [5.41, 5.74) is 1.26. The minimum absolute atomic E-state index is 0.0626. The summed E-state index contributed by atoms with van der Waals surface area (Å²) in [6, 6.07) is 7.52. The molecule has 1 aromatic carbocycles. The van der Waals surface area contributed by atoms with Gasteiger partial charge in [0.1, 0.15) is 11.5 Å². The molecule has 1 aliphatic rings. The molecule has 1 heterocycles. The number of carbonyl (C=O) groups excluding carboxylic acids is 1. The lowest BCUT2D eigenvalue weighted by Gasteiger charge is -2.24. The summed E-state index contributed by atoms with van der Waals surface area (Å²) in [6.45, 7) is 8.14. The first kappa shape index (κ1) is 12.7. The first-order valence-corrected chi connectivity index (χ1v) is 6.25. The van der Waals surface area contributed by atoms with Crippen LogP contribution < -0.4 is 10.1 Å². The third kappa shape index (κ3) is 2.26. The molecule has 0 saturated heterocycles. The van der Waals surface area contributed by atoms with E-state index in [9.17, 15) is 4.79 Å². The van der Waals surface area contributed by atoms with Gasteiger partial charge in [-0.3, -0.25) is 4.79 Å². The number of benzene rings is 1. The number of amides is 1. The topological polar surface area (TPSA) is 38.3 Å². The van der Waals surface area contributed by atoms with Gasteiger partial charge >= 0.3 is 0 Å². The Kier molecular flexibility index (Phi) is 3.16. The van der Waals surface area contributed by atoms with Gasteiger partial charge in [-0.05, 0) is 18.6 Å². The molecule has 3 heteroatoms. The van der Waals surface area contributed by atoms with Crippen LogP contribution in [-0.4, -0.2) is 5.91 Å². The maximum atomic E-state index is 12.2. The van der Waals surface area contributed by atoms with Crippen molar-refractivity contribution in [2.75, 3.05) is 5.32 Å². The van der Waals surface area contributed by atoms with E-state index in [1.54, 1.807) is 0 Å². The number of hydrogen-bond donors (Lipinski definition) is 1. The lowest BCUT2D eigenvalue weighted by molar-refractivity contribution is -0.113. The summed E-state index contributed by atoms with van der Waals surface area (Å²) in [5.74, 6) is 1.40. The van der Waals surface area contributed by atoms with Crippen LogP contribution >= 0.6 is 0 Å². The molecule has 96 valence electrons. The monoisotopic (exact) mass is 245 g/mol. The molecule has 0 bridgehead atoms. The van der Waals surface area contributed by atoms with Crippen LogP contribution in [0, 0.1) is 5.41 Å². The summed E-state index contributed by atoms with van der Waals surface area (Å²) in [7, 11) is 0. The number of ether oxygens (including phenoxy) is 1. The Morgan fingerprint density at radius 1 is 1.22 bits per heavy atom. The largest absolute Gasteiger partial charge is 0.458 e. The molecule has 0 saturated carbocycles. The molecule has 2 rings (SSSR count). The first-order chi connectivity index (χ1) is 8.43. The van der Waals surface area contributed by atoms with E-state index >= 15 is 0 Å². The summed E-state index contributed by atoms with van der Waals surface area (Å²) in [5, 5.41) is 2.90. The minimum atomic E-state index is -0.194. The van der Waals surface area contributed by atoms with E-state index in [1.807, 2.05) is 31.2 Å². The van der Waals surface area contributed by atoms with Crippen molar-refractivity contribution < 1.29 is 9.53 Å². The molecule has 3 nitrogen and oxygen atoms in total. The van der Waals surface area contributed by atoms with Crippen molar-refractivity contribution in [3.8, 4) is 5.75 Å². The number of hydrogen-bond acceptors (Lipinski definition) is 2. The van der Waals surface area contributed by atoms with E-state index in [2.05, 4.69) is 26.1 Å². The lowest BCUT2D eigenvalue weighted by Crippen LogP contribution is -2.21. The van der Waals surface area contributed by atoms with E-state index in [-0.39, 0.29) is 11.3 Å². The zero-order valence-electron chi connectivity index (χ0n) is 11.3. The number of para-hydroxylation sites is 2. The molecule has 0 unspecified atom stereocenters. The van der Waals surface area contributed by atoms with Gasteiger partial charge in [-0.1, -0.05) is 39.8 Å². The Balaban J connectivity index is 2.56. The van der Waals surface area contributed by atoms with Crippen molar-refractivity contribution in [2.45, 2.75) is 34.1 Å². The highest BCUT2D eigenvalue weighted by Crippen LogP contribution is 2.37. The third-order valence-corrected chi connectivity index (χ3v) is 2.93. The van der Waals surface area contributed by atoms with Gasteiger partial charge in [0.2, 0.25) is 0 Å². The fraction of sp³-hybridized carbons (Fsp3) is 0.400. The molecular weight excluding hydrogens is 226 g/mol. The van der Waals surface area contributed by atoms with Crippen molar-refractivity contribution >= 4 is 11.6 Å². The smallest absolute Gasteiger partial charge is 0.255 e. The van der Waals surface area contributed by atoms with Crippen molar-refractivity contribution in [3.05, 3.63) is 35.6 Å². The van der Waals surface area contributed by atoms with Gasteiger partial charge in [-0.15, -0.1) is 0 Å². The van der Waals surface area contributed by atoms with E-state index in [4.69, 9.17) is 4.74 Å². The zero-order valence-corrected chi connectivity index (χ0v) is 11.3. The molecule has 0 fully saturated rings. The molecule has 0 radical (unpaired) electrons. The highest BCUT2D eigenvalue weighted by atomic mass is 16.5. The molecule has 0 aromatic heterocycles. The second-order valence-corrected chi connectivity index (χ2v) is 5.46. The van der Waals surface area contributed by atoms with E-state index in [0.29, 0.717) is 12.2 Å². The molecule has 0 aliphatic carbocycles. The van der Waals surface area contributed by atoms with Crippen molar-refractivity contribution in [2.24, 2.45) is 5.41 Å². The summed E-state index contributed by atoms with van der Waals surface area (Å²) in [6.07, 6.45) is 0.659. The highest BCUT2D eigenvalue weighted by Gasteiger charge is 2.29. The third-order valence-electron chi connectivity index (χ3n) is 2.93. The molecule has 0 spiro atoms. The average molecular weight is 245 g/mol. The van der Waals surface area contributed by atoms with Crippen molar-refractivity contribution in [1.29, 1.82) is 0 Å². The van der Waals surface area contributed by atoms with E-state index in [1.165, 1.54) is 0 Å². The van der Waals surface area contributed by atoms with Crippen LogP contribution in [0.3, 0.4) is 0 Å². The maximum Gasteiger partial charge on any atom is 0.255 e. The van der Waals surface area contributed by atoms with Gasteiger partial charge in [0.15, 0.2) is 0 Å². The van der Waals surface area contributed by atoms with Gasteiger partial charge in [-0.2, -0.15) is 0 Å². The van der Waals surface area contributed by atoms with Crippen LogP contribution in [0.25, 0.3) is 0 Å². The van der Waals surface area contributed by atoms with Crippen LogP contribution in [0.4, 0.5) is 5.69 Å². The molecule has 1 amide bonds. The molecule has 1 aromatic rings. The number of fused-ring (bicyclic) bond motifs is 1. The van der Waals surface area contributed by atoms with Gasteiger partial charge in [0, 0.05) is 5.41 Å². The molecule has 1 N–H and O–H groups in total. The Hall–Kier alpha value is -1.77. The van der Waals surface area contributed by atoms with Crippen LogP contribution in [-0.2, 0) is 4.79 Å². The fourth-order valence-corrected chi connectivity index (χ4v) is 2.06. The second-order valence-electron chi connectivity index (χ2n) is 5.46. The number of allylic oxidation sites excluding steroid dienone is 1. The van der Waals surface area contributed by atoms with Crippen LogP contribution in [0.1, 0.15) is 34.1 Å². The van der Waals surface area contributed by atoms with Crippen LogP contribution in [0.2, 0.25) is 0 Å². The number of nitrogens with one attached hydrogen (secondary N) is 1. The van der Waals surface area contributed by atoms with Crippen molar-refractivity contribution in [3.63, 3.8) is 0 Å². The highest BCUT2D eigenvalue weighted by molar-refractivity contribution is 6.05. The molecule has 18 heavy (non-hydrogen) atoms.